The van der Waals surface area contributed by atoms with Crippen molar-refractivity contribution < 1.29 is 5.11 Å². The number of halogens is 1. The lowest BCUT2D eigenvalue weighted by Crippen LogP contribution is -1.96. The molecule has 0 amide bonds. The molecule has 0 bridgehead atoms. The van der Waals surface area contributed by atoms with E-state index in [1.807, 2.05) is 31.2 Å². The van der Waals surface area contributed by atoms with E-state index < -0.39 is 0 Å². The van der Waals surface area contributed by atoms with Crippen LogP contribution in [-0.4, -0.2) is 5.11 Å². The molecule has 0 fully saturated rings. The smallest absolute Gasteiger partial charge is 0.0799 e. The quantitative estimate of drug-likeness (QED) is 0.672. The van der Waals surface area contributed by atoms with E-state index in [4.69, 9.17) is 0 Å². The largest absolute Gasteiger partial charge is 0.388 e. The molecule has 0 aliphatic rings. The van der Waals surface area contributed by atoms with Crippen molar-refractivity contribution in [1.82, 2.24) is 0 Å². The standard InChI is InChI=1S/C12H13IO/c1-2-3-4-8-12(14)10-6-5-7-11(13)9-10/h5-7,9,12,14H,4,8H2,1H3. The van der Waals surface area contributed by atoms with Gasteiger partial charge in [-0.25, -0.2) is 0 Å². The summed E-state index contributed by atoms with van der Waals surface area (Å²) >= 11 is 2.24. The Morgan fingerprint density at radius 3 is 2.93 bits per heavy atom. The number of rotatable bonds is 3. The van der Waals surface area contributed by atoms with E-state index in [9.17, 15) is 5.11 Å². The molecule has 1 aromatic rings. The van der Waals surface area contributed by atoms with Crippen LogP contribution in [0.5, 0.6) is 0 Å². The number of aliphatic hydroxyl groups is 1. The van der Waals surface area contributed by atoms with E-state index in [-0.39, 0.29) is 6.10 Å². The average Bonchev–Trinajstić information content (AvgIpc) is 2.18. The van der Waals surface area contributed by atoms with Gasteiger partial charge in [0.2, 0.25) is 0 Å². The maximum Gasteiger partial charge on any atom is 0.0799 e. The van der Waals surface area contributed by atoms with Gasteiger partial charge in [-0.2, -0.15) is 0 Å². The summed E-state index contributed by atoms with van der Waals surface area (Å²) < 4.78 is 1.15. The van der Waals surface area contributed by atoms with Crippen LogP contribution in [0, 0.1) is 15.4 Å². The molecule has 0 heterocycles. The Hall–Kier alpha value is -0.530. The Morgan fingerprint density at radius 1 is 1.50 bits per heavy atom. The van der Waals surface area contributed by atoms with Gasteiger partial charge in [-0.05, 0) is 53.6 Å². The van der Waals surface area contributed by atoms with Crippen molar-refractivity contribution in [1.29, 1.82) is 0 Å². The molecule has 1 nitrogen and oxygen atoms in total. The second-order valence-electron chi connectivity index (χ2n) is 3.04. The van der Waals surface area contributed by atoms with E-state index in [0.29, 0.717) is 6.42 Å². The number of benzene rings is 1. The molecule has 0 aliphatic heterocycles. The van der Waals surface area contributed by atoms with Crippen LogP contribution in [-0.2, 0) is 0 Å². The molecule has 0 saturated carbocycles. The van der Waals surface area contributed by atoms with E-state index in [2.05, 4.69) is 34.4 Å². The zero-order valence-electron chi connectivity index (χ0n) is 8.13. The van der Waals surface area contributed by atoms with Crippen LogP contribution >= 0.6 is 22.6 Å². The Labute approximate surface area is 98.7 Å². The molecule has 1 unspecified atom stereocenters. The van der Waals surface area contributed by atoms with Crippen LogP contribution in [0.4, 0.5) is 0 Å². The fourth-order valence-electron chi connectivity index (χ4n) is 1.21. The predicted octanol–water partition coefficient (Wildman–Crippen LogP) is 3.13. The Kier molecular flexibility index (Phi) is 4.99. The first kappa shape index (κ1) is 11.5. The minimum absolute atomic E-state index is 0.384. The van der Waals surface area contributed by atoms with Crippen molar-refractivity contribution in [3.05, 3.63) is 33.4 Å². The zero-order valence-corrected chi connectivity index (χ0v) is 10.3. The summed E-state index contributed by atoms with van der Waals surface area (Å²) in [6, 6.07) is 7.94. The molecule has 0 saturated heterocycles. The van der Waals surface area contributed by atoms with Crippen LogP contribution in [0.3, 0.4) is 0 Å². The molecular formula is C12H13IO. The first-order chi connectivity index (χ1) is 6.74. The second kappa shape index (κ2) is 6.05. The van der Waals surface area contributed by atoms with Gasteiger partial charge in [0.25, 0.3) is 0 Å². The fraction of sp³-hybridized carbons (Fsp3) is 0.333. The highest BCUT2D eigenvalue weighted by molar-refractivity contribution is 14.1. The Balaban J connectivity index is 2.58. The molecule has 14 heavy (non-hydrogen) atoms. The molecule has 0 aliphatic carbocycles. The van der Waals surface area contributed by atoms with Gasteiger partial charge in [0.15, 0.2) is 0 Å². The van der Waals surface area contributed by atoms with Gasteiger partial charge in [0.05, 0.1) is 6.10 Å². The van der Waals surface area contributed by atoms with Crippen molar-refractivity contribution in [3.8, 4) is 11.8 Å². The second-order valence-corrected chi connectivity index (χ2v) is 4.28. The van der Waals surface area contributed by atoms with Crippen molar-refractivity contribution in [2.45, 2.75) is 25.9 Å². The fourth-order valence-corrected chi connectivity index (χ4v) is 1.78. The molecule has 0 radical (unpaired) electrons. The summed E-state index contributed by atoms with van der Waals surface area (Å²) in [5, 5.41) is 9.80. The minimum Gasteiger partial charge on any atom is -0.388 e. The van der Waals surface area contributed by atoms with E-state index in [0.717, 1.165) is 15.6 Å². The first-order valence-electron chi connectivity index (χ1n) is 4.57. The van der Waals surface area contributed by atoms with Crippen LogP contribution in [0.15, 0.2) is 24.3 Å². The lowest BCUT2D eigenvalue weighted by Gasteiger charge is -2.08. The topological polar surface area (TPSA) is 20.2 Å². The highest BCUT2D eigenvalue weighted by atomic mass is 127. The van der Waals surface area contributed by atoms with Crippen molar-refractivity contribution in [2.24, 2.45) is 0 Å². The highest BCUT2D eigenvalue weighted by Gasteiger charge is 2.05. The lowest BCUT2D eigenvalue weighted by molar-refractivity contribution is 0.169. The normalized spacial score (nSPS) is 11.6. The molecule has 0 spiro atoms. The predicted molar refractivity (Wildman–Crippen MR) is 66.8 cm³/mol. The van der Waals surface area contributed by atoms with Gasteiger partial charge in [-0.1, -0.05) is 12.1 Å². The first-order valence-corrected chi connectivity index (χ1v) is 5.65. The summed E-state index contributed by atoms with van der Waals surface area (Å²) in [6.07, 6.45) is 1.08. The van der Waals surface area contributed by atoms with Gasteiger partial charge in [0, 0.05) is 9.99 Å². The maximum atomic E-state index is 9.80. The van der Waals surface area contributed by atoms with Crippen molar-refractivity contribution in [3.63, 3.8) is 0 Å². The summed E-state index contributed by atoms with van der Waals surface area (Å²) in [5.41, 5.74) is 0.981. The Morgan fingerprint density at radius 2 is 2.29 bits per heavy atom. The van der Waals surface area contributed by atoms with Gasteiger partial charge in [0.1, 0.15) is 0 Å². The van der Waals surface area contributed by atoms with Crippen molar-refractivity contribution in [2.75, 3.05) is 0 Å². The third-order valence-corrected chi connectivity index (χ3v) is 2.62. The molecule has 1 aromatic carbocycles. The van der Waals surface area contributed by atoms with Crippen molar-refractivity contribution >= 4 is 22.6 Å². The van der Waals surface area contributed by atoms with Gasteiger partial charge in [-0.15, -0.1) is 11.8 Å². The molecule has 74 valence electrons. The van der Waals surface area contributed by atoms with Crippen LogP contribution < -0.4 is 0 Å². The van der Waals surface area contributed by atoms with Crippen LogP contribution in [0.25, 0.3) is 0 Å². The Bertz CT molecular complexity index is 349. The third kappa shape index (κ3) is 3.69. The van der Waals surface area contributed by atoms with Gasteiger partial charge in [-0.3, -0.25) is 0 Å². The van der Waals surface area contributed by atoms with E-state index in [1.54, 1.807) is 0 Å². The third-order valence-electron chi connectivity index (χ3n) is 1.95. The average molecular weight is 300 g/mol. The summed E-state index contributed by atoms with van der Waals surface area (Å²) in [7, 11) is 0. The molecule has 0 aromatic heterocycles. The van der Waals surface area contributed by atoms with Crippen LogP contribution in [0.1, 0.15) is 31.4 Å². The van der Waals surface area contributed by atoms with E-state index in [1.165, 1.54) is 0 Å². The molecule has 2 heteroatoms. The summed E-state index contributed by atoms with van der Waals surface area (Å²) in [6.45, 7) is 1.82. The highest BCUT2D eigenvalue weighted by Crippen LogP contribution is 2.19. The number of hydrogen-bond acceptors (Lipinski definition) is 1. The SMILES string of the molecule is CC#CCCC(O)c1cccc(I)c1. The molecule has 1 N–H and O–H groups in total. The minimum atomic E-state index is -0.384. The van der Waals surface area contributed by atoms with E-state index >= 15 is 0 Å². The molecule has 1 rings (SSSR count). The van der Waals surface area contributed by atoms with Crippen LogP contribution in [0.2, 0.25) is 0 Å². The number of hydrogen-bond donors (Lipinski definition) is 1. The maximum absolute atomic E-state index is 9.80. The summed E-state index contributed by atoms with van der Waals surface area (Å²) in [4.78, 5) is 0. The molecule has 1 atom stereocenters. The number of aliphatic hydroxyl groups excluding tert-OH is 1. The van der Waals surface area contributed by atoms with Gasteiger partial charge >= 0.3 is 0 Å². The monoisotopic (exact) mass is 300 g/mol. The molecular weight excluding hydrogens is 287 g/mol. The zero-order chi connectivity index (χ0) is 10.4. The lowest BCUT2D eigenvalue weighted by atomic mass is 10.1. The van der Waals surface area contributed by atoms with Gasteiger partial charge < -0.3 is 5.11 Å². The summed E-state index contributed by atoms with van der Waals surface area (Å²) in [5.74, 6) is 5.77.